The smallest absolute Gasteiger partial charge is 0.304 e. The second-order valence-electron chi connectivity index (χ2n) is 5.86. The Hall–Kier alpha value is -1.35. The maximum absolute atomic E-state index is 10.8. The van der Waals surface area contributed by atoms with Crippen LogP contribution >= 0.6 is 0 Å². The Bertz CT molecular complexity index is 421. The van der Waals surface area contributed by atoms with E-state index >= 15 is 0 Å². The molecule has 110 valence electrons. The zero-order valence-corrected chi connectivity index (χ0v) is 12.3. The fourth-order valence-corrected chi connectivity index (χ4v) is 3.13. The van der Waals surface area contributed by atoms with Gasteiger partial charge in [0, 0.05) is 6.04 Å². The third kappa shape index (κ3) is 4.34. The van der Waals surface area contributed by atoms with E-state index in [2.05, 4.69) is 29.6 Å². The van der Waals surface area contributed by atoms with Crippen LogP contribution in [0.2, 0.25) is 0 Å². The summed E-state index contributed by atoms with van der Waals surface area (Å²) < 4.78 is 0. The molecule has 3 heteroatoms. The lowest BCUT2D eigenvalue weighted by molar-refractivity contribution is -0.137. The summed E-state index contributed by atoms with van der Waals surface area (Å²) in [5.74, 6) is -0.0138. The molecule has 1 unspecified atom stereocenters. The van der Waals surface area contributed by atoms with E-state index in [1.54, 1.807) is 0 Å². The van der Waals surface area contributed by atoms with Gasteiger partial charge in [-0.1, -0.05) is 43.5 Å². The maximum atomic E-state index is 10.8. The third-order valence-electron chi connectivity index (χ3n) is 4.37. The SMILES string of the molecule is CNC(CC(=O)O)Cc1ccc(C2CCCCC2)cc1. The van der Waals surface area contributed by atoms with Gasteiger partial charge in [0.25, 0.3) is 0 Å². The van der Waals surface area contributed by atoms with Crippen LogP contribution in [0.25, 0.3) is 0 Å². The second-order valence-corrected chi connectivity index (χ2v) is 5.86. The highest BCUT2D eigenvalue weighted by Crippen LogP contribution is 2.32. The number of hydrogen-bond acceptors (Lipinski definition) is 2. The van der Waals surface area contributed by atoms with Crippen LogP contribution < -0.4 is 5.32 Å². The Balaban J connectivity index is 1.94. The van der Waals surface area contributed by atoms with E-state index in [4.69, 9.17) is 5.11 Å². The predicted molar refractivity (Wildman–Crippen MR) is 81.1 cm³/mol. The third-order valence-corrected chi connectivity index (χ3v) is 4.37. The average molecular weight is 275 g/mol. The molecule has 0 radical (unpaired) electrons. The predicted octanol–water partition coefficient (Wildman–Crippen LogP) is 3.34. The number of likely N-dealkylation sites (N-methyl/N-ethyl adjacent to an activating group) is 1. The summed E-state index contributed by atoms with van der Waals surface area (Å²) in [6, 6.07) is 8.80. The summed E-state index contributed by atoms with van der Waals surface area (Å²) >= 11 is 0. The van der Waals surface area contributed by atoms with Crippen LogP contribution in [0.5, 0.6) is 0 Å². The van der Waals surface area contributed by atoms with Gasteiger partial charge >= 0.3 is 5.97 Å². The number of carboxylic acid groups (broad SMARTS) is 1. The van der Waals surface area contributed by atoms with Crippen LogP contribution in [-0.4, -0.2) is 24.2 Å². The summed E-state index contributed by atoms with van der Waals surface area (Å²) in [6.45, 7) is 0. The van der Waals surface area contributed by atoms with Crippen LogP contribution in [0.4, 0.5) is 0 Å². The molecule has 1 aromatic rings. The summed E-state index contributed by atoms with van der Waals surface area (Å²) in [5, 5.41) is 11.9. The van der Waals surface area contributed by atoms with E-state index in [1.165, 1.54) is 43.2 Å². The van der Waals surface area contributed by atoms with E-state index in [-0.39, 0.29) is 12.5 Å². The molecular formula is C17H25NO2. The Labute approximate surface area is 121 Å². The molecule has 0 aliphatic heterocycles. The minimum absolute atomic E-state index is 0.00744. The van der Waals surface area contributed by atoms with Crippen molar-refractivity contribution in [1.82, 2.24) is 5.32 Å². The van der Waals surface area contributed by atoms with E-state index in [9.17, 15) is 4.79 Å². The van der Waals surface area contributed by atoms with Crippen molar-refractivity contribution in [2.75, 3.05) is 7.05 Å². The molecule has 0 saturated heterocycles. The topological polar surface area (TPSA) is 49.3 Å². The zero-order valence-electron chi connectivity index (χ0n) is 12.3. The second kappa shape index (κ2) is 7.44. The number of benzene rings is 1. The van der Waals surface area contributed by atoms with Gasteiger partial charge in [-0.05, 0) is 43.4 Å². The van der Waals surface area contributed by atoms with Crippen molar-refractivity contribution in [3.8, 4) is 0 Å². The van der Waals surface area contributed by atoms with Crippen molar-refractivity contribution in [2.24, 2.45) is 0 Å². The van der Waals surface area contributed by atoms with Crippen molar-refractivity contribution >= 4 is 5.97 Å². The average Bonchev–Trinajstić information content (AvgIpc) is 2.48. The number of rotatable bonds is 6. The molecule has 1 aliphatic rings. The fraction of sp³-hybridized carbons (Fsp3) is 0.588. The highest BCUT2D eigenvalue weighted by Gasteiger charge is 2.16. The molecule has 0 amide bonds. The molecule has 0 spiro atoms. The van der Waals surface area contributed by atoms with Gasteiger partial charge in [-0.3, -0.25) is 4.79 Å². The van der Waals surface area contributed by atoms with Crippen LogP contribution in [0.15, 0.2) is 24.3 Å². The van der Waals surface area contributed by atoms with Crippen LogP contribution in [0, 0.1) is 0 Å². The van der Waals surface area contributed by atoms with Crippen molar-refractivity contribution in [3.63, 3.8) is 0 Å². The van der Waals surface area contributed by atoms with E-state index in [1.807, 2.05) is 7.05 Å². The lowest BCUT2D eigenvalue weighted by atomic mass is 9.84. The number of nitrogens with one attached hydrogen (secondary N) is 1. The number of aliphatic carboxylic acids is 1. The van der Waals surface area contributed by atoms with Crippen LogP contribution in [0.1, 0.15) is 55.6 Å². The zero-order chi connectivity index (χ0) is 14.4. The van der Waals surface area contributed by atoms with Crippen LogP contribution in [-0.2, 0) is 11.2 Å². The summed E-state index contributed by atoms with van der Waals surface area (Å²) in [4.78, 5) is 10.8. The number of hydrogen-bond donors (Lipinski definition) is 2. The molecule has 20 heavy (non-hydrogen) atoms. The first-order valence-electron chi connectivity index (χ1n) is 7.67. The molecule has 1 aliphatic carbocycles. The minimum atomic E-state index is -0.747. The first-order valence-corrected chi connectivity index (χ1v) is 7.67. The fourth-order valence-electron chi connectivity index (χ4n) is 3.13. The van der Waals surface area contributed by atoms with Crippen LogP contribution in [0.3, 0.4) is 0 Å². The van der Waals surface area contributed by atoms with E-state index < -0.39 is 5.97 Å². The molecule has 0 bridgehead atoms. The quantitative estimate of drug-likeness (QED) is 0.837. The molecule has 1 saturated carbocycles. The highest BCUT2D eigenvalue weighted by molar-refractivity contribution is 5.67. The molecule has 3 nitrogen and oxygen atoms in total. The molecule has 1 fully saturated rings. The molecule has 2 N–H and O–H groups in total. The van der Waals surface area contributed by atoms with Gasteiger partial charge < -0.3 is 10.4 Å². The van der Waals surface area contributed by atoms with E-state index in [0.29, 0.717) is 0 Å². The van der Waals surface area contributed by atoms with Gasteiger partial charge in [-0.25, -0.2) is 0 Å². The van der Waals surface area contributed by atoms with Gasteiger partial charge in [0.05, 0.1) is 6.42 Å². The Kier molecular flexibility index (Phi) is 5.60. The lowest BCUT2D eigenvalue weighted by Crippen LogP contribution is -2.30. The van der Waals surface area contributed by atoms with Gasteiger partial charge in [0.15, 0.2) is 0 Å². The molecule has 0 aromatic heterocycles. The summed E-state index contributed by atoms with van der Waals surface area (Å²) in [5.41, 5.74) is 2.66. The molecule has 2 rings (SSSR count). The minimum Gasteiger partial charge on any atom is -0.481 e. The Morgan fingerprint density at radius 1 is 1.25 bits per heavy atom. The Morgan fingerprint density at radius 3 is 2.45 bits per heavy atom. The maximum Gasteiger partial charge on any atom is 0.304 e. The first kappa shape index (κ1) is 15.0. The van der Waals surface area contributed by atoms with Gasteiger partial charge in [0.2, 0.25) is 0 Å². The monoisotopic (exact) mass is 275 g/mol. The molecule has 0 heterocycles. The Morgan fingerprint density at radius 2 is 1.90 bits per heavy atom. The van der Waals surface area contributed by atoms with Gasteiger partial charge in [0.1, 0.15) is 0 Å². The molecule has 1 atom stereocenters. The number of carbonyl (C=O) groups is 1. The first-order chi connectivity index (χ1) is 9.69. The van der Waals surface area contributed by atoms with Gasteiger partial charge in [-0.15, -0.1) is 0 Å². The molecule has 1 aromatic carbocycles. The normalized spacial score (nSPS) is 17.9. The van der Waals surface area contributed by atoms with Gasteiger partial charge in [-0.2, -0.15) is 0 Å². The number of carboxylic acids is 1. The standard InChI is InChI=1S/C17H25NO2/c1-18-16(12-17(19)20)11-13-7-9-15(10-8-13)14-5-3-2-4-6-14/h7-10,14,16,18H,2-6,11-12H2,1H3,(H,19,20). The summed E-state index contributed by atoms with van der Waals surface area (Å²) in [6.07, 6.45) is 7.66. The largest absolute Gasteiger partial charge is 0.481 e. The molecular weight excluding hydrogens is 250 g/mol. The summed E-state index contributed by atoms with van der Waals surface area (Å²) in [7, 11) is 1.82. The van der Waals surface area contributed by atoms with Crippen molar-refractivity contribution < 1.29 is 9.90 Å². The van der Waals surface area contributed by atoms with E-state index in [0.717, 1.165) is 12.3 Å². The lowest BCUT2D eigenvalue weighted by Gasteiger charge is -2.22. The highest BCUT2D eigenvalue weighted by atomic mass is 16.4. The van der Waals surface area contributed by atoms with Crippen molar-refractivity contribution in [2.45, 2.75) is 56.9 Å². The van der Waals surface area contributed by atoms with Crippen molar-refractivity contribution in [1.29, 1.82) is 0 Å². The van der Waals surface area contributed by atoms with Crippen molar-refractivity contribution in [3.05, 3.63) is 35.4 Å².